The highest BCUT2D eigenvalue weighted by molar-refractivity contribution is 8.13. The van der Waals surface area contributed by atoms with Crippen molar-refractivity contribution in [3.05, 3.63) is 24.3 Å². The average molecular weight is 367 g/mol. The molecule has 0 aliphatic rings. The van der Waals surface area contributed by atoms with Crippen LogP contribution in [0.5, 0.6) is 5.75 Å². The molecule has 0 unspecified atom stereocenters. The predicted octanol–water partition coefficient (Wildman–Crippen LogP) is 1.47. The molecule has 0 radical (unpaired) electrons. The third-order valence-electron chi connectivity index (χ3n) is 2.86. The third-order valence-corrected chi connectivity index (χ3v) is 3.68. The van der Waals surface area contributed by atoms with E-state index >= 15 is 0 Å². The molecule has 0 aliphatic heterocycles. The van der Waals surface area contributed by atoms with Crippen molar-refractivity contribution in [2.45, 2.75) is 19.9 Å². The van der Waals surface area contributed by atoms with E-state index in [-0.39, 0.29) is 23.5 Å². The monoisotopic (exact) mass is 367 g/mol. The molecule has 8 nitrogen and oxygen atoms in total. The van der Waals surface area contributed by atoms with Crippen molar-refractivity contribution in [3.63, 3.8) is 0 Å². The first kappa shape index (κ1) is 20.5. The van der Waals surface area contributed by atoms with Gasteiger partial charge in [-0.3, -0.25) is 14.4 Å². The number of nitrogens with one attached hydrogen (secondary N) is 2. The molecule has 9 heteroatoms. The van der Waals surface area contributed by atoms with Crippen LogP contribution in [0.3, 0.4) is 0 Å². The summed E-state index contributed by atoms with van der Waals surface area (Å²) in [7, 11) is 3.13. The van der Waals surface area contributed by atoms with Crippen LogP contribution in [0.15, 0.2) is 24.3 Å². The van der Waals surface area contributed by atoms with Gasteiger partial charge in [0.1, 0.15) is 11.8 Å². The van der Waals surface area contributed by atoms with Gasteiger partial charge in [-0.1, -0.05) is 0 Å². The molecule has 25 heavy (non-hydrogen) atoms. The molecule has 0 aliphatic carbocycles. The van der Waals surface area contributed by atoms with E-state index < -0.39 is 11.3 Å². The van der Waals surface area contributed by atoms with Crippen LogP contribution in [-0.4, -0.2) is 53.8 Å². The van der Waals surface area contributed by atoms with Crippen molar-refractivity contribution in [2.75, 3.05) is 25.2 Å². The second-order valence-electron chi connectivity index (χ2n) is 5.35. The van der Waals surface area contributed by atoms with E-state index in [1.54, 1.807) is 38.4 Å². The van der Waals surface area contributed by atoms with Crippen molar-refractivity contribution < 1.29 is 23.9 Å². The number of thioether (sulfide) groups is 1. The maximum Gasteiger partial charge on any atom is 0.372 e. The van der Waals surface area contributed by atoms with E-state index in [0.29, 0.717) is 11.4 Å². The molecule has 1 aromatic carbocycles. The Bertz CT molecular complexity index is 646. The van der Waals surface area contributed by atoms with Crippen molar-refractivity contribution in [3.8, 4) is 5.75 Å². The highest BCUT2D eigenvalue weighted by atomic mass is 32.2. The SMILES string of the molecule is CC(=O)Nc1ccc(OC(=O)SC[C@@H](NC(C)=O)C(=O)N(C)C)cc1. The molecule has 1 aromatic rings. The average Bonchev–Trinajstić information content (AvgIpc) is 2.51. The molecule has 0 spiro atoms. The van der Waals surface area contributed by atoms with Gasteiger partial charge in [0.15, 0.2) is 0 Å². The normalized spacial score (nSPS) is 11.2. The molecule has 3 amide bonds. The molecule has 1 rings (SSSR count). The summed E-state index contributed by atoms with van der Waals surface area (Å²) in [5.41, 5.74) is 0.585. The molecule has 0 fully saturated rings. The number of likely N-dealkylation sites (N-methyl/N-ethyl adjacent to an activating group) is 1. The summed E-state index contributed by atoms with van der Waals surface area (Å²) < 4.78 is 5.14. The second-order valence-corrected chi connectivity index (χ2v) is 6.31. The van der Waals surface area contributed by atoms with E-state index in [0.717, 1.165) is 11.8 Å². The summed E-state index contributed by atoms with van der Waals surface area (Å²) in [5, 5.41) is 4.50. The predicted molar refractivity (Wildman–Crippen MR) is 95.5 cm³/mol. The van der Waals surface area contributed by atoms with E-state index in [2.05, 4.69) is 10.6 Å². The van der Waals surface area contributed by atoms with E-state index in [4.69, 9.17) is 4.74 Å². The fourth-order valence-electron chi connectivity index (χ4n) is 1.82. The quantitative estimate of drug-likeness (QED) is 0.738. The number of anilines is 1. The van der Waals surface area contributed by atoms with Crippen molar-refractivity contribution in [2.24, 2.45) is 0 Å². The number of rotatable bonds is 6. The summed E-state index contributed by atoms with van der Waals surface area (Å²) in [5.74, 6) is -0.506. The van der Waals surface area contributed by atoms with Crippen LogP contribution >= 0.6 is 11.8 Å². The van der Waals surface area contributed by atoms with Gasteiger partial charge in [-0.2, -0.15) is 0 Å². The summed E-state index contributed by atoms with van der Waals surface area (Å²) >= 11 is 0.789. The second kappa shape index (κ2) is 9.67. The molecule has 0 saturated heterocycles. The number of carbonyl (C=O) groups excluding carboxylic acids is 4. The molecular formula is C16H21N3O5S. The number of carbonyl (C=O) groups is 4. The van der Waals surface area contributed by atoms with Crippen molar-refractivity contribution in [1.29, 1.82) is 0 Å². The smallest absolute Gasteiger partial charge is 0.372 e. The lowest BCUT2D eigenvalue weighted by Crippen LogP contribution is -2.47. The first-order valence-electron chi connectivity index (χ1n) is 7.39. The van der Waals surface area contributed by atoms with Gasteiger partial charge in [0.2, 0.25) is 17.7 Å². The van der Waals surface area contributed by atoms with E-state index in [9.17, 15) is 19.2 Å². The zero-order valence-electron chi connectivity index (χ0n) is 14.5. The van der Waals surface area contributed by atoms with Gasteiger partial charge in [0.05, 0.1) is 0 Å². The van der Waals surface area contributed by atoms with Gasteiger partial charge in [0.25, 0.3) is 0 Å². The Balaban J connectivity index is 2.58. The maximum absolute atomic E-state index is 12.0. The standard InChI is InChI=1S/C16H21N3O5S/c1-10(20)17-12-5-7-13(8-6-12)24-16(23)25-9-14(18-11(2)21)15(22)19(3)4/h5-8,14H,9H2,1-4H3,(H,17,20)(H,18,21)/t14-/m1/s1. The molecule has 2 N–H and O–H groups in total. The van der Waals surface area contributed by atoms with Crippen LogP contribution in [0, 0.1) is 0 Å². The zero-order valence-corrected chi connectivity index (χ0v) is 15.3. The van der Waals surface area contributed by atoms with Gasteiger partial charge in [-0.05, 0) is 36.0 Å². The molecule has 0 heterocycles. The first-order chi connectivity index (χ1) is 11.7. The van der Waals surface area contributed by atoms with Gasteiger partial charge in [0, 0.05) is 39.4 Å². The van der Waals surface area contributed by atoms with E-state index in [1.165, 1.54) is 18.7 Å². The fraction of sp³-hybridized carbons (Fsp3) is 0.375. The molecular weight excluding hydrogens is 346 g/mol. The summed E-state index contributed by atoms with van der Waals surface area (Å²) in [6.45, 7) is 2.70. The van der Waals surface area contributed by atoms with Crippen LogP contribution in [0.25, 0.3) is 0 Å². The highest BCUT2D eigenvalue weighted by Crippen LogP contribution is 2.18. The van der Waals surface area contributed by atoms with Crippen LogP contribution < -0.4 is 15.4 Å². The molecule has 0 bridgehead atoms. The maximum atomic E-state index is 12.0. The topological polar surface area (TPSA) is 105 Å². The molecule has 0 aromatic heterocycles. The third kappa shape index (κ3) is 7.71. The molecule has 0 saturated carbocycles. The van der Waals surface area contributed by atoms with Crippen molar-refractivity contribution >= 4 is 40.5 Å². The highest BCUT2D eigenvalue weighted by Gasteiger charge is 2.23. The lowest BCUT2D eigenvalue weighted by atomic mass is 10.3. The minimum atomic E-state index is -0.813. The van der Waals surface area contributed by atoms with E-state index in [1.807, 2.05) is 0 Å². The molecule has 136 valence electrons. The summed E-state index contributed by atoms with van der Waals surface area (Å²) in [4.78, 5) is 47.3. The fourth-order valence-corrected chi connectivity index (χ4v) is 2.50. The van der Waals surface area contributed by atoms with Gasteiger partial charge >= 0.3 is 5.30 Å². The van der Waals surface area contributed by atoms with Crippen molar-refractivity contribution in [1.82, 2.24) is 10.2 Å². The number of benzene rings is 1. The Kier molecular flexibility index (Phi) is 7.93. The lowest BCUT2D eigenvalue weighted by Gasteiger charge is -2.20. The van der Waals surface area contributed by atoms with Gasteiger partial charge in [-0.25, -0.2) is 4.79 Å². The number of nitrogens with zero attached hydrogens (tertiary/aromatic N) is 1. The Morgan fingerprint density at radius 1 is 1.08 bits per heavy atom. The van der Waals surface area contributed by atoms with Crippen LogP contribution in [0.4, 0.5) is 10.5 Å². The van der Waals surface area contributed by atoms with Gasteiger partial charge in [-0.15, -0.1) is 0 Å². The number of amides is 3. The van der Waals surface area contributed by atoms with Crippen LogP contribution in [0.1, 0.15) is 13.8 Å². The Hall–Kier alpha value is -2.55. The Morgan fingerprint density at radius 2 is 1.68 bits per heavy atom. The summed E-state index contributed by atoms with van der Waals surface area (Å²) in [6.07, 6.45) is 0. The van der Waals surface area contributed by atoms with Gasteiger partial charge < -0.3 is 20.3 Å². The first-order valence-corrected chi connectivity index (χ1v) is 8.38. The summed E-state index contributed by atoms with van der Waals surface area (Å²) in [6, 6.07) is 5.47. The minimum absolute atomic E-state index is 0.0550. The van der Waals surface area contributed by atoms with Crippen LogP contribution in [0.2, 0.25) is 0 Å². The number of hydrogen-bond acceptors (Lipinski definition) is 6. The zero-order chi connectivity index (χ0) is 19.0. The largest absolute Gasteiger partial charge is 0.418 e. The lowest BCUT2D eigenvalue weighted by molar-refractivity contribution is -0.133. The van der Waals surface area contributed by atoms with Crippen LogP contribution in [-0.2, 0) is 14.4 Å². The Morgan fingerprint density at radius 3 is 2.16 bits per heavy atom. The number of ether oxygens (including phenoxy) is 1. The Labute approximate surface area is 150 Å². The molecule has 1 atom stereocenters. The minimum Gasteiger partial charge on any atom is -0.418 e. The number of hydrogen-bond donors (Lipinski definition) is 2.